The number of rotatable bonds is 6. The lowest BCUT2D eigenvalue weighted by Gasteiger charge is -2.17. The quantitative estimate of drug-likeness (QED) is 0.429. The Morgan fingerprint density at radius 2 is 1.38 bits per heavy atom. The number of amides is 1. The standard InChI is InChI=1S/C25H21F2NO4/c1-15(28-24(30)21-5-3-4-6-22(21)29)25(31)32-16(2)23(17-7-11-19(26)12-8-17)18-9-13-20(27)14-10-18/h3-15,29H,1-2H3,(H,28,30)/t15-/m0/s1. The maximum atomic E-state index is 13.4. The van der Waals surface area contributed by atoms with E-state index in [1.54, 1.807) is 19.1 Å². The molecule has 5 nitrogen and oxygen atoms in total. The number of phenols is 1. The number of para-hydroxylation sites is 1. The summed E-state index contributed by atoms with van der Waals surface area (Å²) in [6.45, 7) is 3.00. The first-order valence-electron chi connectivity index (χ1n) is 9.79. The summed E-state index contributed by atoms with van der Waals surface area (Å²) in [6.07, 6.45) is 0. The molecule has 0 saturated carbocycles. The molecule has 0 heterocycles. The Balaban J connectivity index is 1.85. The molecule has 0 aliphatic heterocycles. The predicted octanol–water partition coefficient (Wildman–Crippen LogP) is 4.81. The molecule has 3 rings (SSSR count). The number of benzene rings is 3. The van der Waals surface area contributed by atoms with Crippen LogP contribution in [0.2, 0.25) is 0 Å². The SMILES string of the molecule is CC(OC(=O)[C@H](C)NC(=O)c1ccccc1O)=C(c1ccc(F)cc1)c1ccc(F)cc1. The third-order valence-electron chi connectivity index (χ3n) is 4.72. The highest BCUT2D eigenvalue weighted by Gasteiger charge is 2.22. The zero-order chi connectivity index (χ0) is 23.3. The molecule has 0 aliphatic rings. The Morgan fingerprint density at radius 1 is 0.875 bits per heavy atom. The molecule has 7 heteroatoms. The number of ether oxygens (including phenoxy) is 1. The maximum absolute atomic E-state index is 13.4. The van der Waals surface area contributed by atoms with Crippen molar-refractivity contribution < 1.29 is 28.2 Å². The summed E-state index contributed by atoms with van der Waals surface area (Å²) >= 11 is 0. The van der Waals surface area contributed by atoms with Crippen LogP contribution in [0.15, 0.2) is 78.6 Å². The molecule has 0 aromatic heterocycles. The molecule has 0 saturated heterocycles. The second-order valence-electron chi connectivity index (χ2n) is 7.08. The summed E-state index contributed by atoms with van der Waals surface area (Å²) in [6, 6.07) is 16.1. The van der Waals surface area contributed by atoms with Gasteiger partial charge in [0.2, 0.25) is 0 Å². The fourth-order valence-corrected chi connectivity index (χ4v) is 3.10. The molecule has 32 heavy (non-hydrogen) atoms. The first-order chi connectivity index (χ1) is 15.3. The number of hydrogen-bond donors (Lipinski definition) is 2. The van der Waals surface area contributed by atoms with Crippen LogP contribution in [0.25, 0.3) is 5.57 Å². The summed E-state index contributed by atoms with van der Waals surface area (Å²) < 4.78 is 32.3. The van der Waals surface area contributed by atoms with Crippen LogP contribution >= 0.6 is 0 Å². The van der Waals surface area contributed by atoms with Gasteiger partial charge in [-0.3, -0.25) is 4.79 Å². The minimum absolute atomic E-state index is 0.0257. The first kappa shape index (κ1) is 22.7. The van der Waals surface area contributed by atoms with Gasteiger partial charge in [0.1, 0.15) is 29.2 Å². The van der Waals surface area contributed by atoms with E-state index in [4.69, 9.17) is 4.74 Å². The molecular formula is C25H21F2NO4. The van der Waals surface area contributed by atoms with E-state index in [1.165, 1.54) is 67.6 Å². The number of aromatic hydroxyl groups is 1. The van der Waals surface area contributed by atoms with Gasteiger partial charge in [-0.1, -0.05) is 36.4 Å². The number of halogens is 2. The van der Waals surface area contributed by atoms with Gasteiger partial charge in [0, 0.05) is 5.57 Å². The Morgan fingerprint density at radius 3 is 1.88 bits per heavy atom. The number of hydrogen-bond acceptors (Lipinski definition) is 4. The first-order valence-corrected chi connectivity index (χ1v) is 9.79. The molecule has 0 unspecified atom stereocenters. The van der Waals surface area contributed by atoms with Gasteiger partial charge >= 0.3 is 5.97 Å². The fourth-order valence-electron chi connectivity index (χ4n) is 3.10. The smallest absolute Gasteiger partial charge is 0.333 e. The van der Waals surface area contributed by atoms with E-state index >= 15 is 0 Å². The minimum Gasteiger partial charge on any atom is -0.507 e. The van der Waals surface area contributed by atoms with Gasteiger partial charge in [-0.25, -0.2) is 13.6 Å². The lowest BCUT2D eigenvalue weighted by molar-refractivity contribution is -0.141. The normalized spacial score (nSPS) is 11.4. The van der Waals surface area contributed by atoms with E-state index in [1.807, 2.05) is 0 Å². The van der Waals surface area contributed by atoms with Crippen LogP contribution in [-0.2, 0) is 9.53 Å². The molecular weight excluding hydrogens is 416 g/mol. The van der Waals surface area contributed by atoms with E-state index in [0.29, 0.717) is 16.7 Å². The number of carbonyl (C=O) groups excluding carboxylic acids is 2. The Hall–Kier alpha value is -4.00. The number of phenolic OH excluding ortho intramolecular Hbond substituents is 1. The van der Waals surface area contributed by atoms with E-state index < -0.39 is 29.6 Å². The molecule has 1 amide bonds. The van der Waals surface area contributed by atoms with Gasteiger partial charge in [0.15, 0.2) is 0 Å². The largest absolute Gasteiger partial charge is 0.507 e. The molecule has 0 aliphatic carbocycles. The molecule has 3 aromatic carbocycles. The lowest BCUT2D eigenvalue weighted by Crippen LogP contribution is -2.39. The van der Waals surface area contributed by atoms with Crippen molar-refractivity contribution in [3.8, 4) is 5.75 Å². The summed E-state index contributed by atoms with van der Waals surface area (Å²) in [7, 11) is 0. The summed E-state index contributed by atoms with van der Waals surface area (Å²) in [5, 5.41) is 12.3. The highest BCUT2D eigenvalue weighted by Crippen LogP contribution is 2.28. The van der Waals surface area contributed by atoms with Crippen molar-refractivity contribution in [3.63, 3.8) is 0 Å². The number of nitrogens with one attached hydrogen (secondary N) is 1. The average molecular weight is 437 g/mol. The van der Waals surface area contributed by atoms with Crippen LogP contribution in [0, 0.1) is 11.6 Å². The molecule has 164 valence electrons. The summed E-state index contributed by atoms with van der Waals surface area (Å²) in [5.41, 5.74) is 1.62. The van der Waals surface area contributed by atoms with Gasteiger partial charge in [0.05, 0.1) is 5.56 Å². The molecule has 0 fully saturated rings. The minimum atomic E-state index is -1.03. The predicted molar refractivity (Wildman–Crippen MR) is 116 cm³/mol. The van der Waals surface area contributed by atoms with Crippen molar-refractivity contribution in [2.24, 2.45) is 0 Å². The van der Waals surface area contributed by atoms with Gasteiger partial charge in [0.25, 0.3) is 5.91 Å². The highest BCUT2D eigenvalue weighted by atomic mass is 19.1. The number of esters is 1. The fraction of sp³-hybridized carbons (Fsp3) is 0.120. The Kier molecular flexibility index (Phi) is 7.00. The second kappa shape index (κ2) is 9.87. The van der Waals surface area contributed by atoms with Crippen LogP contribution < -0.4 is 5.32 Å². The molecule has 0 radical (unpaired) electrons. The van der Waals surface area contributed by atoms with Crippen molar-refractivity contribution in [2.75, 3.05) is 0 Å². The summed E-state index contributed by atoms with van der Waals surface area (Å²) in [4.78, 5) is 25.0. The van der Waals surface area contributed by atoms with E-state index in [0.717, 1.165) is 0 Å². The van der Waals surface area contributed by atoms with Crippen molar-refractivity contribution in [1.82, 2.24) is 5.32 Å². The number of allylic oxidation sites excluding steroid dienone is 1. The second-order valence-corrected chi connectivity index (χ2v) is 7.08. The molecule has 1 atom stereocenters. The van der Waals surface area contributed by atoms with E-state index in [9.17, 15) is 23.5 Å². The lowest BCUT2D eigenvalue weighted by atomic mass is 9.97. The third kappa shape index (κ3) is 5.37. The van der Waals surface area contributed by atoms with E-state index in [-0.39, 0.29) is 17.1 Å². The van der Waals surface area contributed by atoms with Gasteiger partial charge in [-0.05, 0) is 61.4 Å². The van der Waals surface area contributed by atoms with Crippen molar-refractivity contribution >= 4 is 17.4 Å². The number of carbonyl (C=O) groups is 2. The van der Waals surface area contributed by atoms with Crippen LogP contribution in [0.1, 0.15) is 35.3 Å². The average Bonchev–Trinajstić information content (AvgIpc) is 2.76. The Bertz CT molecular complexity index is 1110. The van der Waals surface area contributed by atoms with Crippen molar-refractivity contribution in [1.29, 1.82) is 0 Å². The van der Waals surface area contributed by atoms with Crippen LogP contribution in [0.4, 0.5) is 8.78 Å². The monoisotopic (exact) mass is 437 g/mol. The van der Waals surface area contributed by atoms with Gasteiger partial charge in [-0.2, -0.15) is 0 Å². The molecule has 2 N–H and O–H groups in total. The molecule has 0 spiro atoms. The van der Waals surface area contributed by atoms with Gasteiger partial charge in [-0.15, -0.1) is 0 Å². The summed E-state index contributed by atoms with van der Waals surface area (Å²) in [5.74, 6) is -2.25. The van der Waals surface area contributed by atoms with E-state index in [2.05, 4.69) is 5.32 Å². The zero-order valence-electron chi connectivity index (χ0n) is 17.4. The van der Waals surface area contributed by atoms with Crippen molar-refractivity contribution in [2.45, 2.75) is 19.9 Å². The Labute approximate surface area is 184 Å². The van der Waals surface area contributed by atoms with Crippen LogP contribution in [0.5, 0.6) is 5.75 Å². The zero-order valence-corrected chi connectivity index (χ0v) is 17.4. The topological polar surface area (TPSA) is 75.6 Å². The molecule has 0 bridgehead atoms. The van der Waals surface area contributed by atoms with Gasteiger partial charge < -0.3 is 15.2 Å². The third-order valence-corrected chi connectivity index (χ3v) is 4.72. The van der Waals surface area contributed by atoms with Crippen molar-refractivity contribution in [3.05, 3.63) is 107 Å². The van der Waals surface area contributed by atoms with Crippen LogP contribution in [0.3, 0.4) is 0 Å². The van der Waals surface area contributed by atoms with Crippen LogP contribution in [-0.4, -0.2) is 23.0 Å². The maximum Gasteiger partial charge on any atom is 0.333 e. The highest BCUT2D eigenvalue weighted by molar-refractivity contribution is 5.99. The molecule has 3 aromatic rings.